The molecule has 9 nitrogen and oxygen atoms in total. The van der Waals surface area contributed by atoms with Crippen LogP contribution >= 0.6 is 23.2 Å². The van der Waals surface area contributed by atoms with Crippen molar-refractivity contribution in [2.75, 3.05) is 37.5 Å². The average molecular weight is 714 g/mol. The molecule has 14 heteroatoms. The lowest BCUT2D eigenvalue weighted by Crippen LogP contribution is -2.35. The van der Waals surface area contributed by atoms with Crippen LogP contribution in [0.3, 0.4) is 0 Å². The van der Waals surface area contributed by atoms with E-state index in [1.807, 2.05) is 57.3 Å². The van der Waals surface area contributed by atoms with Gasteiger partial charge in [0.2, 0.25) is 11.9 Å². The number of ether oxygens (including phenoxy) is 1. The highest BCUT2D eigenvalue weighted by molar-refractivity contribution is 6.39. The van der Waals surface area contributed by atoms with E-state index in [0.717, 1.165) is 5.52 Å². The van der Waals surface area contributed by atoms with E-state index in [9.17, 15) is 22.8 Å². The number of carbonyl (C=O) groups excluding carboxylic acids is 2. The van der Waals surface area contributed by atoms with Crippen molar-refractivity contribution < 1.29 is 27.5 Å². The molecule has 0 aliphatic heterocycles. The van der Waals surface area contributed by atoms with Gasteiger partial charge in [0.05, 0.1) is 50.0 Å². The number of alkyl halides is 3. The van der Waals surface area contributed by atoms with Crippen molar-refractivity contribution in [2.24, 2.45) is 24.3 Å². The first-order valence-electron chi connectivity index (χ1n) is 16.0. The van der Waals surface area contributed by atoms with Gasteiger partial charge in [-0.3, -0.25) is 9.59 Å². The van der Waals surface area contributed by atoms with Crippen LogP contribution in [0.2, 0.25) is 10.0 Å². The van der Waals surface area contributed by atoms with E-state index in [-0.39, 0.29) is 49.8 Å². The number of methoxy groups -OCH3 is 1. The van der Waals surface area contributed by atoms with Crippen LogP contribution < -0.4 is 20.9 Å². The number of rotatable bonds is 11. The van der Waals surface area contributed by atoms with Gasteiger partial charge in [-0.1, -0.05) is 50.0 Å². The van der Waals surface area contributed by atoms with Crippen molar-refractivity contribution in [3.8, 4) is 0 Å². The van der Waals surface area contributed by atoms with Crippen LogP contribution in [0.1, 0.15) is 69.3 Å². The van der Waals surface area contributed by atoms with Gasteiger partial charge < -0.3 is 30.2 Å². The minimum absolute atomic E-state index is 0.0244. The van der Waals surface area contributed by atoms with Crippen molar-refractivity contribution in [2.45, 2.75) is 72.2 Å². The van der Waals surface area contributed by atoms with Gasteiger partial charge in [-0.25, -0.2) is 4.98 Å². The number of likely N-dealkylation sites (N-methyl/N-ethyl adjacent to an activating group) is 1. The third kappa shape index (κ3) is 8.87. The lowest BCUT2D eigenvalue weighted by molar-refractivity contribution is -0.183. The minimum atomic E-state index is -4.18. The average Bonchev–Trinajstić information content (AvgIpc) is 3.33. The molecule has 0 spiro atoms. The second kappa shape index (κ2) is 15.1. The van der Waals surface area contributed by atoms with Gasteiger partial charge in [-0.2, -0.15) is 13.2 Å². The molecule has 1 aromatic heterocycles. The fourth-order valence-corrected chi connectivity index (χ4v) is 6.35. The molecule has 4 rings (SSSR count). The zero-order valence-electron chi connectivity index (χ0n) is 28.4. The van der Waals surface area contributed by atoms with Crippen LogP contribution in [0.15, 0.2) is 24.3 Å². The van der Waals surface area contributed by atoms with E-state index in [1.165, 1.54) is 0 Å². The minimum Gasteiger partial charge on any atom is -0.380 e. The molecule has 2 amide bonds. The van der Waals surface area contributed by atoms with E-state index in [1.54, 1.807) is 25.3 Å². The maximum Gasteiger partial charge on any atom is 0.391 e. The smallest absolute Gasteiger partial charge is 0.380 e. The first-order chi connectivity index (χ1) is 22.4. The van der Waals surface area contributed by atoms with Crippen LogP contribution in [0.5, 0.6) is 0 Å². The number of imidazole rings is 1. The van der Waals surface area contributed by atoms with Crippen LogP contribution in [0, 0.1) is 17.3 Å². The number of benzene rings is 2. The summed E-state index contributed by atoms with van der Waals surface area (Å²) < 4.78 is 46.7. The summed E-state index contributed by atoms with van der Waals surface area (Å²) in [5, 5.41) is 9.80. The quantitative estimate of drug-likeness (QED) is 0.187. The molecular weight excluding hydrogens is 668 g/mol. The number of nitrogens with zero attached hydrogens (tertiary/aromatic N) is 3. The predicted octanol–water partition coefficient (Wildman–Crippen LogP) is 7.86. The highest BCUT2D eigenvalue weighted by Gasteiger charge is 2.41. The SMILES string of the molecule is COC(C)CN(C)c1cc2c(cc1C(=O)NCC1CCC(C(F)(F)F)CC1)nc(Nc1c(Cl)ccc(CNC(=O)C(C)(C)C)c1Cl)n2C. The third-order valence-corrected chi connectivity index (χ3v) is 9.72. The van der Waals surface area contributed by atoms with Crippen LogP contribution in [-0.4, -0.2) is 60.9 Å². The van der Waals surface area contributed by atoms with Gasteiger partial charge in [0.1, 0.15) is 0 Å². The molecule has 0 saturated heterocycles. The van der Waals surface area contributed by atoms with Crippen molar-refractivity contribution in [3.05, 3.63) is 45.4 Å². The highest BCUT2D eigenvalue weighted by Crippen LogP contribution is 2.40. The molecule has 0 radical (unpaired) electrons. The maximum atomic E-state index is 13.7. The number of hydrogen-bond acceptors (Lipinski definition) is 6. The van der Waals surface area contributed by atoms with E-state index < -0.39 is 17.5 Å². The molecule has 1 unspecified atom stereocenters. The number of halogens is 5. The van der Waals surface area contributed by atoms with Gasteiger partial charge in [0.15, 0.2) is 0 Å². The molecule has 264 valence electrons. The summed E-state index contributed by atoms with van der Waals surface area (Å²) in [7, 11) is 5.31. The first kappa shape index (κ1) is 37.6. The molecule has 2 aromatic carbocycles. The van der Waals surface area contributed by atoms with Gasteiger partial charge in [0.25, 0.3) is 5.91 Å². The highest BCUT2D eigenvalue weighted by atomic mass is 35.5. The number of anilines is 3. The second-order valence-electron chi connectivity index (χ2n) is 13.7. The number of fused-ring (bicyclic) bond motifs is 1. The Balaban J connectivity index is 1.61. The Bertz CT molecular complexity index is 1630. The molecule has 0 bridgehead atoms. The number of aromatic nitrogens is 2. The lowest BCUT2D eigenvalue weighted by Gasteiger charge is -2.30. The van der Waals surface area contributed by atoms with Crippen molar-refractivity contribution >= 4 is 63.4 Å². The molecule has 1 atom stereocenters. The van der Waals surface area contributed by atoms with Crippen LogP contribution in [0.4, 0.5) is 30.5 Å². The summed E-state index contributed by atoms with van der Waals surface area (Å²) in [4.78, 5) is 32.8. The van der Waals surface area contributed by atoms with Crippen molar-refractivity contribution in [3.63, 3.8) is 0 Å². The molecule has 3 N–H and O–H groups in total. The molecule has 1 heterocycles. The van der Waals surface area contributed by atoms with E-state index in [0.29, 0.717) is 63.4 Å². The van der Waals surface area contributed by atoms with E-state index >= 15 is 0 Å². The number of aryl methyl sites for hydroxylation is 1. The molecule has 1 fully saturated rings. The van der Waals surface area contributed by atoms with Gasteiger partial charge >= 0.3 is 6.18 Å². The molecular formula is C34H45Cl2F3N6O3. The van der Waals surface area contributed by atoms with E-state index in [2.05, 4.69) is 16.0 Å². The summed E-state index contributed by atoms with van der Waals surface area (Å²) in [5.41, 5.74) is 2.82. The lowest BCUT2D eigenvalue weighted by atomic mass is 9.81. The zero-order chi connectivity index (χ0) is 35.6. The monoisotopic (exact) mass is 712 g/mol. The zero-order valence-corrected chi connectivity index (χ0v) is 30.0. The fourth-order valence-electron chi connectivity index (χ4n) is 5.82. The summed E-state index contributed by atoms with van der Waals surface area (Å²) in [5.74, 6) is -1.33. The molecule has 1 saturated carbocycles. The number of amides is 2. The predicted molar refractivity (Wildman–Crippen MR) is 185 cm³/mol. The Hall–Kier alpha value is -3.22. The molecule has 3 aromatic rings. The molecule has 1 aliphatic carbocycles. The summed E-state index contributed by atoms with van der Waals surface area (Å²) in [6.07, 6.45) is -3.34. The molecule has 48 heavy (non-hydrogen) atoms. The standard InChI is InChI=1S/C34H45Cl2F3N6O3/c1-19(48-7)18-44(5)26-15-27-25(14-23(26)30(46)40-16-20-8-11-22(12-9-20)34(37,38)39)42-32(45(27)6)43-29-24(35)13-10-21(28(29)36)17-41-31(47)33(2,3)4/h10,13-15,19-20,22H,8-9,11-12,16-18H2,1-7H3,(H,40,46)(H,41,47)(H,42,43). The normalized spacial score (nSPS) is 17.7. The number of carbonyl (C=O) groups is 2. The fraction of sp³-hybridized carbons (Fsp3) is 0.559. The first-order valence-corrected chi connectivity index (χ1v) is 16.8. The number of nitrogens with one attached hydrogen (secondary N) is 3. The van der Waals surface area contributed by atoms with Gasteiger partial charge in [-0.05, 0) is 62.3 Å². The topological polar surface area (TPSA) is 101 Å². The Morgan fingerprint density at radius 2 is 1.77 bits per heavy atom. The second-order valence-corrected chi connectivity index (χ2v) is 14.5. The van der Waals surface area contributed by atoms with E-state index in [4.69, 9.17) is 32.9 Å². The third-order valence-electron chi connectivity index (χ3n) is 8.98. The van der Waals surface area contributed by atoms with Gasteiger partial charge in [0, 0.05) is 46.3 Å². The summed E-state index contributed by atoms with van der Waals surface area (Å²) in [6.45, 7) is 8.40. The Labute approximate surface area is 289 Å². The summed E-state index contributed by atoms with van der Waals surface area (Å²) >= 11 is 13.3. The Morgan fingerprint density at radius 3 is 2.38 bits per heavy atom. The van der Waals surface area contributed by atoms with Crippen molar-refractivity contribution in [1.29, 1.82) is 0 Å². The maximum absolute atomic E-state index is 13.7. The van der Waals surface area contributed by atoms with Crippen molar-refractivity contribution in [1.82, 2.24) is 20.2 Å². The largest absolute Gasteiger partial charge is 0.391 e. The van der Waals surface area contributed by atoms with Crippen LogP contribution in [-0.2, 0) is 23.1 Å². The van der Waals surface area contributed by atoms with Crippen LogP contribution in [0.25, 0.3) is 11.0 Å². The summed E-state index contributed by atoms with van der Waals surface area (Å²) in [6, 6.07) is 7.03. The Morgan fingerprint density at radius 1 is 1.10 bits per heavy atom. The molecule has 1 aliphatic rings. The number of hydrogen-bond donors (Lipinski definition) is 3. The van der Waals surface area contributed by atoms with Gasteiger partial charge in [-0.15, -0.1) is 0 Å². The Kier molecular flexibility index (Phi) is 11.8.